The van der Waals surface area contributed by atoms with Crippen molar-refractivity contribution in [2.45, 2.75) is 51.7 Å². The van der Waals surface area contributed by atoms with Crippen LogP contribution in [0.4, 0.5) is 0 Å². The van der Waals surface area contributed by atoms with Crippen LogP contribution in [-0.4, -0.2) is 41.7 Å². The van der Waals surface area contributed by atoms with Gasteiger partial charge in [0.2, 0.25) is 10.0 Å². The van der Waals surface area contributed by atoms with Crippen LogP contribution in [0.15, 0.2) is 18.2 Å². The number of hydrogen-bond donors (Lipinski definition) is 1. The van der Waals surface area contributed by atoms with Gasteiger partial charge in [0.15, 0.2) is 0 Å². The molecule has 0 radical (unpaired) electrons. The fraction of sp³-hybridized carbons (Fsp3) is 0.611. The van der Waals surface area contributed by atoms with E-state index in [-0.39, 0.29) is 11.3 Å². The number of carbonyl (C=O) groups is 1. The Hall–Kier alpha value is -1.60. The molecule has 3 rings (SSSR count). The number of nitrogens with zero attached hydrogens (tertiary/aromatic N) is 1. The lowest BCUT2D eigenvalue weighted by Gasteiger charge is -2.42. The average molecular weight is 367 g/mol. The number of sulfonamides is 1. The Morgan fingerprint density at radius 1 is 1.36 bits per heavy atom. The second-order valence-corrected chi connectivity index (χ2v) is 9.76. The van der Waals surface area contributed by atoms with E-state index >= 15 is 0 Å². The van der Waals surface area contributed by atoms with E-state index in [0.29, 0.717) is 30.2 Å². The summed E-state index contributed by atoms with van der Waals surface area (Å²) in [6.07, 6.45) is 2.59. The largest absolute Gasteiger partial charge is 0.487 e. The fourth-order valence-corrected chi connectivity index (χ4v) is 4.71. The van der Waals surface area contributed by atoms with Crippen molar-refractivity contribution >= 4 is 16.0 Å². The number of fused-ring (bicyclic) bond motifs is 1. The SMILES string of the molecule is CCS(=O)(=O)N(CC1CC1)C1CC(C)(C)Oc2ccc(C(=O)O)cc21. The van der Waals surface area contributed by atoms with Crippen molar-refractivity contribution in [1.82, 2.24) is 4.31 Å². The van der Waals surface area contributed by atoms with Gasteiger partial charge in [-0.1, -0.05) is 0 Å². The minimum atomic E-state index is -3.41. The van der Waals surface area contributed by atoms with Gasteiger partial charge >= 0.3 is 5.97 Å². The Balaban J connectivity index is 2.09. The molecule has 25 heavy (non-hydrogen) atoms. The van der Waals surface area contributed by atoms with E-state index in [2.05, 4.69) is 0 Å². The van der Waals surface area contributed by atoms with Crippen LogP contribution in [0.25, 0.3) is 0 Å². The summed E-state index contributed by atoms with van der Waals surface area (Å²) in [6, 6.07) is 4.30. The van der Waals surface area contributed by atoms with Crippen LogP contribution in [0.1, 0.15) is 62.0 Å². The Labute approximate surface area is 148 Å². The summed E-state index contributed by atoms with van der Waals surface area (Å²) < 4.78 is 33.1. The molecule has 1 saturated carbocycles. The molecule has 1 unspecified atom stereocenters. The Bertz CT molecular complexity index is 783. The first kappa shape index (κ1) is 18.2. The van der Waals surface area contributed by atoms with E-state index in [1.807, 2.05) is 13.8 Å². The zero-order valence-electron chi connectivity index (χ0n) is 14.9. The van der Waals surface area contributed by atoms with Crippen LogP contribution < -0.4 is 4.74 Å². The number of aromatic carboxylic acids is 1. The van der Waals surface area contributed by atoms with Gasteiger partial charge in [0.1, 0.15) is 11.4 Å². The average Bonchev–Trinajstić information content (AvgIpc) is 3.34. The molecule has 138 valence electrons. The van der Waals surface area contributed by atoms with Crippen molar-refractivity contribution < 1.29 is 23.1 Å². The molecule has 1 atom stereocenters. The van der Waals surface area contributed by atoms with Crippen molar-refractivity contribution in [1.29, 1.82) is 0 Å². The maximum absolute atomic E-state index is 12.8. The lowest BCUT2D eigenvalue weighted by Crippen LogP contribution is -2.45. The molecule has 6 nitrogen and oxygen atoms in total. The van der Waals surface area contributed by atoms with Crippen LogP contribution in [0.5, 0.6) is 5.75 Å². The van der Waals surface area contributed by atoms with Gasteiger partial charge in [0, 0.05) is 18.5 Å². The highest BCUT2D eigenvalue weighted by Gasteiger charge is 2.42. The Morgan fingerprint density at radius 3 is 2.60 bits per heavy atom. The molecule has 2 aliphatic rings. The highest BCUT2D eigenvalue weighted by molar-refractivity contribution is 7.89. The number of benzene rings is 1. The molecule has 1 aromatic rings. The fourth-order valence-electron chi connectivity index (χ4n) is 3.36. The van der Waals surface area contributed by atoms with E-state index in [9.17, 15) is 18.3 Å². The van der Waals surface area contributed by atoms with Crippen molar-refractivity contribution in [3.8, 4) is 5.75 Å². The summed E-state index contributed by atoms with van der Waals surface area (Å²) in [5.74, 6) is -0.0268. The number of hydrogen-bond acceptors (Lipinski definition) is 4. The van der Waals surface area contributed by atoms with Crippen LogP contribution in [-0.2, 0) is 10.0 Å². The molecule has 1 aromatic carbocycles. The molecule has 0 spiro atoms. The normalized spacial score (nSPS) is 22.3. The predicted molar refractivity (Wildman–Crippen MR) is 94.4 cm³/mol. The third-order valence-corrected chi connectivity index (χ3v) is 6.74. The van der Waals surface area contributed by atoms with Crippen molar-refractivity contribution in [2.24, 2.45) is 5.92 Å². The van der Waals surface area contributed by atoms with Crippen LogP contribution >= 0.6 is 0 Å². The van der Waals surface area contributed by atoms with Crippen LogP contribution in [0.2, 0.25) is 0 Å². The van der Waals surface area contributed by atoms with E-state index < -0.39 is 27.6 Å². The molecule has 7 heteroatoms. The smallest absolute Gasteiger partial charge is 0.335 e. The summed E-state index contributed by atoms with van der Waals surface area (Å²) in [7, 11) is -3.41. The summed E-state index contributed by atoms with van der Waals surface area (Å²) in [5.41, 5.74) is 0.275. The molecular weight excluding hydrogens is 342 g/mol. The maximum atomic E-state index is 12.8. The monoisotopic (exact) mass is 367 g/mol. The molecule has 1 N–H and O–H groups in total. The third-order valence-electron chi connectivity index (χ3n) is 4.89. The number of carboxylic acid groups (broad SMARTS) is 1. The molecule has 1 aliphatic carbocycles. The van der Waals surface area contributed by atoms with E-state index in [4.69, 9.17) is 4.74 Å². The molecular formula is C18H25NO5S. The van der Waals surface area contributed by atoms with Gasteiger partial charge in [-0.3, -0.25) is 0 Å². The van der Waals surface area contributed by atoms with Crippen molar-refractivity contribution in [3.63, 3.8) is 0 Å². The standard InChI is InChI=1S/C18H25NO5S/c1-4-25(22,23)19(11-12-5-6-12)15-10-18(2,3)24-16-8-7-13(17(20)21)9-14(15)16/h7-9,12,15H,4-6,10-11H2,1-3H3,(H,20,21). The van der Waals surface area contributed by atoms with Gasteiger partial charge in [-0.2, -0.15) is 4.31 Å². The first-order chi connectivity index (χ1) is 11.6. The Morgan fingerprint density at radius 2 is 2.04 bits per heavy atom. The van der Waals surface area contributed by atoms with Gasteiger partial charge in [0.25, 0.3) is 0 Å². The zero-order valence-corrected chi connectivity index (χ0v) is 15.7. The molecule has 1 fully saturated rings. The zero-order chi connectivity index (χ0) is 18.4. The quantitative estimate of drug-likeness (QED) is 0.835. The summed E-state index contributed by atoms with van der Waals surface area (Å²) >= 11 is 0. The van der Waals surface area contributed by atoms with Gasteiger partial charge in [-0.15, -0.1) is 0 Å². The molecule has 1 heterocycles. The first-order valence-corrected chi connectivity index (χ1v) is 10.3. The summed E-state index contributed by atoms with van der Waals surface area (Å²) in [6.45, 7) is 6.01. The van der Waals surface area contributed by atoms with Crippen LogP contribution in [0.3, 0.4) is 0 Å². The molecule has 0 bridgehead atoms. The lowest BCUT2D eigenvalue weighted by molar-refractivity contribution is 0.0494. The Kier molecular flexibility index (Phi) is 4.58. The second-order valence-electron chi connectivity index (χ2n) is 7.55. The molecule has 0 aromatic heterocycles. The molecule has 1 aliphatic heterocycles. The van der Waals surface area contributed by atoms with Gasteiger partial charge in [-0.25, -0.2) is 13.2 Å². The first-order valence-electron chi connectivity index (χ1n) is 8.69. The topological polar surface area (TPSA) is 83.9 Å². The number of carboxylic acids is 1. The summed E-state index contributed by atoms with van der Waals surface area (Å²) in [5, 5.41) is 9.30. The molecule has 0 amide bonds. The van der Waals surface area contributed by atoms with E-state index in [1.54, 1.807) is 23.4 Å². The van der Waals surface area contributed by atoms with E-state index in [0.717, 1.165) is 12.8 Å². The minimum Gasteiger partial charge on any atom is -0.487 e. The van der Waals surface area contributed by atoms with Crippen LogP contribution in [0, 0.1) is 5.92 Å². The maximum Gasteiger partial charge on any atom is 0.335 e. The third kappa shape index (κ3) is 3.82. The molecule has 0 saturated heterocycles. The van der Waals surface area contributed by atoms with Crippen molar-refractivity contribution in [2.75, 3.05) is 12.3 Å². The van der Waals surface area contributed by atoms with Gasteiger partial charge in [0.05, 0.1) is 17.4 Å². The number of ether oxygens (including phenoxy) is 1. The van der Waals surface area contributed by atoms with E-state index in [1.165, 1.54) is 6.07 Å². The highest BCUT2D eigenvalue weighted by atomic mass is 32.2. The lowest BCUT2D eigenvalue weighted by atomic mass is 9.88. The minimum absolute atomic E-state index is 0.0332. The summed E-state index contributed by atoms with van der Waals surface area (Å²) in [4.78, 5) is 11.4. The van der Waals surface area contributed by atoms with Gasteiger partial charge in [-0.05, 0) is 57.7 Å². The van der Waals surface area contributed by atoms with Crippen molar-refractivity contribution in [3.05, 3.63) is 29.3 Å². The number of rotatable bonds is 6. The highest BCUT2D eigenvalue weighted by Crippen LogP contribution is 2.45. The van der Waals surface area contributed by atoms with Gasteiger partial charge < -0.3 is 9.84 Å². The predicted octanol–water partition coefficient (Wildman–Crippen LogP) is 3.05. The second kappa shape index (κ2) is 6.29.